The molecule has 0 unspecified atom stereocenters. The van der Waals surface area contributed by atoms with E-state index in [4.69, 9.17) is 9.47 Å². The Labute approximate surface area is 170 Å². The lowest BCUT2D eigenvalue weighted by molar-refractivity contribution is -0.116. The molecule has 0 atom stereocenters. The molecule has 0 saturated heterocycles. The van der Waals surface area contributed by atoms with E-state index in [1.807, 2.05) is 24.3 Å². The van der Waals surface area contributed by atoms with Crippen LogP contribution in [0.3, 0.4) is 0 Å². The number of benzene rings is 2. The van der Waals surface area contributed by atoms with Crippen molar-refractivity contribution in [1.29, 1.82) is 0 Å². The van der Waals surface area contributed by atoms with Crippen LogP contribution < -0.4 is 20.3 Å². The monoisotopic (exact) mass is 409 g/mol. The zero-order valence-corrected chi connectivity index (χ0v) is 17.0. The number of aromatic nitrogens is 2. The molecular formula is C21H19N3O4S. The number of amides is 1. The van der Waals surface area contributed by atoms with Gasteiger partial charge in [0.15, 0.2) is 0 Å². The maximum Gasteiger partial charge on any atom is 0.272 e. The highest BCUT2D eigenvalue weighted by molar-refractivity contribution is 7.25. The number of methoxy groups -OCH3 is 2. The average molecular weight is 409 g/mol. The van der Waals surface area contributed by atoms with Crippen molar-refractivity contribution in [3.63, 3.8) is 0 Å². The molecule has 0 aliphatic carbocycles. The van der Waals surface area contributed by atoms with Crippen molar-refractivity contribution in [2.45, 2.75) is 13.5 Å². The van der Waals surface area contributed by atoms with Gasteiger partial charge < -0.3 is 14.8 Å². The molecule has 0 spiro atoms. The van der Waals surface area contributed by atoms with Crippen LogP contribution in [0.5, 0.6) is 11.5 Å². The summed E-state index contributed by atoms with van der Waals surface area (Å²) in [5.74, 6) is 1.21. The van der Waals surface area contributed by atoms with Crippen LogP contribution in [0.25, 0.3) is 20.3 Å². The molecule has 0 fully saturated rings. The van der Waals surface area contributed by atoms with Gasteiger partial charge in [-0.3, -0.25) is 14.2 Å². The van der Waals surface area contributed by atoms with Gasteiger partial charge in [-0.15, -0.1) is 11.3 Å². The van der Waals surface area contributed by atoms with Gasteiger partial charge in [-0.25, -0.2) is 4.98 Å². The first-order chi connectivity index (χ1) is 14.0. The minimum Gasteiger partial charge on any atom is -0.497 e. The molecule has 1 amide bonds. The molecule has 2 heterocycles. The van der Waals surface area contributed by atoms with E-state index in [2.05, 4.69) is 10.3 Å². The van der Waals surface area contributed by atoms with Crippen LogP contribution in [-0.4, -0.2) is 29.7 Å². The van der Waals surface area contributed by atoms with Gasteiger partial charge in [0.05, 0.1) is 25.4 Å². The highest BCUT2D eigenvalue weighted by atomic mass is 32.1. The molecule has 0 radical (unpaired) electrons. The summed E-state index contributed by atoms with van der Waals surface area (Å²) in [6.45, 7) is 1.58. The summed E-state index contributed by atoms with van der Waals surface area (Å²) in [7, 11) is 3.06. The Hall–Kier alpha value is -3.39. The van der Waals surface area contributed by atoms with Crippen LogP contribution >= 0.6 is 11.3 Å². The van der Waals surface area contributed by atoms with Crippen LogP contribution in [-0.2, 0) is 11.3 Å². The van der Waals surface area contributed by atoms with Gasteiger partial charge in [0.2, 0.25) is 5.91 Å². The van der Waals surface area contributed by atoms with Crippen LogP contribution in [0.2, 0.25) is 0 Å². The number of nitrogens with one attached hydrogen (secondary N) is 1. The van der Waals surface area contributed by atoms with Crippen LogP contribution in [0.1, 0.15) is 5.82 Å². The maximum absolute atomic E-state index is 13.0. The molecule has 8 heteroatoms. The van der Waals surface area contributed by atoms with Crippen molar-refractivity contribution in [2.24, 2.45) is 0 Å². The van der Waals surface area contributed by atoms with E-state index in [9.17, 15) is 9.59 Å². The smallest absolute Gasteiger partial charge is 0.272 e. The normalized spacial score (nSPS) is 11.0. The third-order valence-corrected chi connectivity index (χ3v) is 5.80. The van der Waals surface area contributed by atoms with Crippen molar-refractivity contribution in [3.05, 3.63) is 58.6 Å². The number of anilines is 1. The van der Waals surface area contributed by atoms with Crippen molar-refractivity contribution < 1.29 is 14.3 Å². The minimum absolute atomic E-state index is 0.151. The number of rotatable bonds is 5. The summed E-state index contributed by atoms with van der Waals surface area (Å²) < 4.78 is 13.4. The molecule has 2 aromatic carbocycles. The van der Waals surface area contributed by atoms with E-state index in [1.54, 1.807) is 32.2 Å². The van der Waals surface area contributed by atoms with Crippen molar-refractivity contribution in [3.8, 4) is 11.5 Å². The Morgan fingerprint density at radius 2 is 1.97 bits per heavy atom. The minimum atomic E-state index is -0.357. The van der Waals surface area contributed by atoms with E-state index in [-0.39, 0.29) is 18.0 Å². The number of hydrogen-bond acceptors (Lipinski definition) is 6. The number of ether oxygens (including phenoxy) is 2. The molecule has 7 nitrogen and oxygen atoms in total. The molecule has 2 aromatic heterocycles. The van der Waals surface area contributed by atoms with Gasteiger partial charge in [-0.05, 0) is 25.1 Å². The van der Waals surface area contributed by atoms with Crippen LogP contribution in [0.4, 0.5) is 5.69 Å². The molecule has 4 aromatic rings. The van der Waals surface area contributed by atoms with E-state index < -0.39 is 0 Å². The second-order valence-electron chi connectivity index (χ2n) is 6.44. The second-order valence-corrected chi connectivity index (χ2v) is 7.49. The van der Waals surface area contributed by atoms with Crippen molar-refractivity contribution >= 4 is 43.2 Å². The van der Waals surface area contributed by atoms with Gasteiger partial charge in [0, 0.05) is 16.2 Å². The van der Waals surface area contributed by atoms with Crippen LogP contribution in [0, 0.1) is 6.92 Å². The summed E-state index contributed by atoms with van der Waals surface area (Å²) in [4.78, 5) is 30.3. The first-order valence-electron chi connectivity index (χ1n) is 8.92. The Bertz CT molecular complexity index is 1290. The number of aryl methyl sites for hydroxylation is 1. The lowest BCUT2D eigenvalue weighted by Crippen LogP contribution is -2.29. The van der Waals surface area contributed by atoms with E-state index in [1.165, 1.54) is 23.0 Å². The molecule has 148 valence electrons. The number of nitrogens with zero attached hydrogens (tertiary/aromatic N) is 2. The highest BCUT2D eigenvalue weighted by Crippen LogP contribution is 2.31. The standard InChI is InChI=1S/C21H19N3O4S/c1-12-22-19-14-6-4-5-7-17(14)29-20(19)21(26)24(12)11-18(25)23-15-10-13(27-2)8-9-16(15)28-3/h4-10H,11H2,1-3H3,(H,23,25). The Kier molecular flexibility index (Phi) is 4.94. The first-order valence-corrected chi connectivity index (χ1v) is 9.74. The molecule has 1 N–H and O–H groups in total. The average Bonchev–Trinajstić information content (AvgIpc) is 3.10. The fourth-order valence-electron chi connectivity index (χ4n) is 3.21. The summed E-state index contributed by atoms with van der Waals surface area (Å²) in [5.41, 5.74) is 0.930. The maximum atomic E-state index is 13.0. The zero-order chi connectivity index (χ0) is 20.5. The molecule has 4 rings (SSSR count). The van der Waals surface area contributed by atoms with Crippen molar-refractivity contribution in [1.82, 2.24) is 9.55 Å². The first kappa shape index (κ1) is 18.9. The van der Waals surface area contributed by atoms with E-state index >= 15 is 0 Å². The van der Waals surface area contributed by atoms with Gasteiger partial charge >= 0.3 is 0 Å². The molecule has 0 aliphatic heterocycles. The topological polar surface area (TPSA) is 82.4 Å². The number of thiophene rings is 1. The second kappa shape index (κ2) is 7.56. The van der Waals surface area contributed by atoms with Crippen LogP contribution in [0.15, 0.2) is 47.3 Å². The van der Waals surface area contributed by atoms with Gasteiger partial charge in [-0.1, -0.05) is 18.2 Å². The number of carbonyl (C=O) groups excluding carboxylic acids is 1. The molecule has 0 saturated carbocycles. The molecular weight excluding hydrogens is 390 g/mol. The molecule has 29 heavy (non-hydrogen) atoms. The summed E-state index contributed by atoms with van der Waals surface area (Å²) in [6.07, 6.45) is 0. The molecule has 0 aliphatic rings. The Morgan fingerprint density at radius 1 is 1.17 bits per heavy atom. The fraction of sp³-hybridized carbons (Fsp3) is 0.190. The predicted molar refractivity (Wildman–Crippen MR) is 114 cm³/mol. The lowest BCUT2D eigenvalue weighted by Gasteiger charge is -2.13. The zero-order valence-electron chi connectivity index (χ0n) is 16.2. The summed E-state index contributed by atoms with van der Waals surface area (Å²) in [6, 6.07) is 12.9. The van der Waals surface area contributed by atoms with Gasteiger partial charge in [0.1, 0.15) is 28.6 Å². The highest BCUT2D eigenvalue weighted by Gasteiger charge is 2.17. The number of hydrogen-bond donors (Lipinski definition) is 1. The number of carbonyl (C=O) groups is 1. The summed E-state index contributed by atoms with van der Waals surface area (Å²) in [5, 5.41) is 3.74. The molecule has 0 bridgehead atoms. The largest absolute Gasteiger partial charge is 0.497 e. The van der Waals surface area contributed by atoms with Gasteiger partial charge in [0.25, 0.3) is 5.56 Å². The number of fused-ring (bicyclic) bond motifs is 3. The fourth-order valence-corrected chi connectivity index (χ4v) is 4.30. The third kappa shape index (κ3) is 3.42. The Morgan fingerprint density at radius 3 is 2.72 bits per heavy atom. The van der Waals surface area contributed by atoms with Crippen molar-refractivity contribution in [2.75, 3.05) is 19.5 Å². The SMILES string of the molecule is COc1ccc(OC)c(NC(=O)Cn2c(C)nc3c(sc4ccccc43)c2=O)c1. The van der Waals surface area contributed by atoms with E-state index in [0.29, 0.717) is 33.2 Å². The summed E-state index contributed by atoms with van der Waals surface area (Å²) >= 11 is 1.39. The van der Waals surface area contributed by atoms with E-state index in [0.717, 1.165) is 10.1 Å². The quantitative estimate of drug-likeness (QED) is 0.545. The third-order valence-electron chi connectivity index (χ3n) is 4.66. The Balaban J connectivity index is 1.68. The van der Waals surface area contributed by atoms with Gasteiger partial charge in [-0.2, -0.15) is 0 Å². The predicted octanol–water partition coefficient (Wildman–Crippen LogP) is 3.58. The lowest BCUT2D eigenvalue weighted by atomic mass is 10.2.